The molecule has 1 atom stereocenters. The summed E-state index contributed by atoms with van der Waals surface area (Å²) >= 11 is 0. The first kappa shape index (κ1) is 6.26. The lowest BCUT2D eigenvalue weighted by Crippen LogP contribution is -2.36. The molecule has 0 aromatic carbocycles. The predicted octanol–water partition coefficient (Wildman–Crippen LogP) is 0.237. The average molecular weight is 131 g/mol. The second-order valence-corrected chi connectivity index (χ2v) is 4.61. The van der Waals surface area contributed by atoms with E-state index in [1.54, 1.807) is 0 Å². The molecule has 1 N–H and O–H groups in total. The van der Waals surface area contributed by atoms with Gasteiger partial charge >= 0.3 is 0 Å². The Morgan fingerprint density at radius 3 is 2.75 bits per heavy atom. The summed E-state index contributed by atoms with van der Waals surface area (Å²) in [5.41, 5.74) is 0. The molecule has 0 aliphatic carbocycles. The van der Waals surface area contributed by atoms with Gasteiger partial charge in [-0.2, -0.15) is 0 Å². The fourth-order valence-corrected chi connectivity index (χ4v) is 2.70. The van der Waals surface area contributed by atoms with E-state index in [1.807, 2.05) is 7.05 Å². The number of hydrogen-bond donors (Lipinski definition) is 1. The van der Waals surface area contributed by atoms with Crippen molar-refractivity contribution in [1.82, 2.24) is 4.98 Å². The van der Waals surface area contributed by atoms with Crippen molar-refractivity contribution in [3.63, 3.8) is 0 Å². The van der Waals surface area contributed by atoms with Gasteiger partial charge < -0.3 is 9.41 Å². The smallest absolute Gasteiger partial charge is 0.252 e. The van der Waals surface area contributed by atoms with E-state index in [1.165, 1.54) is 18.9 Å². The molecule has 0 amide bonds. The van der Waals surface area contributed by atoms with E-state index in [4.69, 9.17) is 4.43 Å². The van der Waals surface area contributed by atoms with Crippen molar-refractivity contribution in [3.8, 4) is 0 Å². The molecular formula is C5H13NOSi. The normalized spacial score (nSPS) is 30.4. The zero-order valence-corrected chi connectivity index (χ0v) is 6.47. The van der Waals surface area contributed by atoms with Gasteiger partial charge in [0.05, 0.1) is 0 Å². The van der Waals surface area contributed by atoms with E-state index in [9.17, 15) is 0 Å². The molecule has 0 saturated carbocycles. The SMILES string of the molecule is CN[SiH]1CCCCO1. The molecule has 8 heavy (non-hydrogen) atoms. The van der Waals surface area contributed by atoms with E-state index < -0.39 is 9.20 Å². The standard InChI is InChI=1S/C5H13NOSi/c1-6-8-5-3-2-4-7-8/h6,8H,2-5H2,1H3. The third-order valence-electron chi connectivity index (χ3n) is 1.50. The van der Waals surface area contributed by atoms with Crippen molar-refractivity contribution in [3.05, 3.63) is 0 Å². The minimum absolute atomic E-state index is 0.855. The summed E-state index contributed by atoms with van der Waals surface area (Å²) in [5, 5.41) is 0. The molecule has 1 heterocycles. The Morgan fingerprint density at radius 2 is 2.38 bits per heavy atom. The lowest BCUT2D eigenvalue weighted by atomic mass is 10.4. The van der Waals surface area contributed by atoms with Gasteiger partial charge in [-0.15, -0.1) is 0 Å². The van der Waals surface area contributed by atoms with Crippen LogP contribution >= 0.6 is 0 Å². The molecule has 48 valence electrons. The fourth-order valence-electron chi connectivity index (χ4n) is 0.968. The van der Waals surface area contributed by atoms with Gasteiger partial charge in [0.25, 0.3) is 9.20 Å². The van der Waals surface area contributed by atoms with Crippen LogP contribution < -0.4 is 4.98 Å². The van der Waals surface area contributed by atoms with Gasteiger partial charge in [0.1, 0.15) is 0 Å². The quantitative estimate of drug-likeness (QED) is 0.515. The van der Waals surface area contributed by atoms with E-state index in [0.29, 0.717) is 0 Å². The highest BCUT2D eigenvalue weighted by molar-refractivity contribution is 6.48. The third-order valence-corrected chi connectivity index (χ3v) is 3.72. The molecule has 1 fully saturated rings. The Morgan fingerprint density at radius 1 is 1.50 bits per heavy atom. The zero-order valence-electron chi connectivity index (χ0n) is 5.31. The lowest BCUT2D eigenvalue weighted by molar-refractivity contribution is 0.281. The van der Waals surface area contributed by atoms with Gasteiger partial charge in [-0.1, -0.05) is 6.42 Å². The van der Waals surface area contributed by atoms with Crippen molar-refractivity contribution in [2.45, 2.75) is 18.9 Å². The number of rotatable bonds is 1. The average Bonchev–Trinajstić information content (AvgIpc) is 1.90. The van der Waals surface area contributed by atoms with Gasteiger partial charge in [-0.05, 0) is 19.5 Å². The Balaban J connectivity index is 2.13. The second-order valence-electron chi connectivity index (χ2n) is 2.14. The van der Waals surface area contributed by atoms with Crippen LogP contribution in [0.4, 0.5) is 0 Å². The van der Waals surface area contributed by atoms with Crippen molar-refractivity contribution in [2.75, 3.05) is 13.7 Å². The molecule has 1 rings (SSSR count). The molecule has 0 bridgehead atoms. The highest BCUT2D eigenvalue weighted by atomic mass is 28.3. The van der Waals surface area contributed by atoms with Crippen molar-refractivity contribution >= 4 is 9.20 Å². The highest BCUT2D eigenvalue weighted by Crippen LogP contribution is 2.07. The molecule has 0 radical (unpaired) electrons. The second kappa shape index (κ2) is 3.22. The van der Waals surface area contributed by atoms with E-state index >= 15 is 0 Å². The minimum atomic E-state index is -0.855. The molecular weight excluding hydrogens is 118 g/mol. The summed E-state index contributed by atoms with van der Waals surface area (Å²) in [6, 6.07) is 1.32. The van der Waals surface area contributed by atoms with Crippen LogP contribution in [0.5, 0.6) is 0 Å². The van der Waals surface area contributed by atoms with E-state index in [-0.39, 0.29) is 0 Å². The van der Waals surface area contributed by atoms with Gasteiger partial charge in [-0.3, -0.25) is 0 Å². The topological polar surface area (TPSA) is 21.3 Å². The first-order valence-electron chi connectivity index (χ1n) is 3.22. The van der Waals surface area contributed by atoms with Crippen LogP contribution in [0, 0.1) is 0 Å². The first-order chi connectivity index (χ1) is 3.93. The van der Waals surface area contributed by atoms with E-state index in [2.05, 4.69) is 4.98 Å². The maximum absolute atomic E-state index is 5.45. The number of hydrogen-bond acceptors (Lipinski definition) is 2. The Labute approximate surface area is 52.0 Å². The highest BCUT2D eigenvalue weighted by Gasteiger charge is 2.12. The first-order valence-corrected chi connectivity index (χ1v) is 5.09. The van der Waals surface area contributed by atoms with Gasteiger partial charge in [0.2, 0.25) is 0 Å². The van der Waals surface area contributed by atoms with Crippen LogP contribution in [0.1, 0.15) is 12.8 Å². The summed E-state index contributed by atoms with van der Waals surface area (Å²) in [6.07, 6.45) is 2.64. The fraction of sp³-hybridized carbons (Fsp3) is 1.00. The molecule has 1 saturated heterocycles. The molecule has 1 unspecified atom stereocenters. The summed E-state index contributed by atoms with van der Waals surface area (Å²) in [5.74, 6) is 0. The van der Waals surface area contributed by atoms with Crippen LogP contribution in [0.25, 0.3) is 0 Å². The van der Waals surface area contributed by atoms with Crippen LogP contribution in [-0.2, 0) is 4.43 Å². The molecule has 1 aliphatic rings. The largest absolute Gasteiger partial charge is 0.406 e. The van der Waals surface area contributed by atoms with Crippen LogP contribution in [0.2, 0.25) is 6.04 Å². The number of nitrogens with one attached hydrogen (secondary N) is 1. The van der Waals surface area contributed by atoms with Crippen LogP contribution in [0.3, 0.4) is 0 Å². The molecule has 0 spiro atoms. The molecule has 1 aliphatic heterocycles. The third kappa shape index (κ3) is 1.58. The molecule has 3 heteroatoms. The predicted molar refractivity (Wildman–Crippen MR) is 36.2 cm³/mol. The Kier molecular flexibility index (Phi) is 2.52. The van der Waals surface area contributed by atoms with Gasteiger partial charge in [0.15, 0.2) is 0 Å². The Bertz CT molecular complexity index is 63.4. The van der Waals surface area contributed by atoms with Gasteiger partial charge in [0, 0.05) is 6.61 Å². The van der Waals surface area contributed by atoms with Crippen LogP contribution in [0.15, 0.2) is 0 Å². The lowest BCUT2D eigenvalue weighted by Gasteiger charge is -2.19. The monoisotopic (exact) mass is 131 g/mol. The van der Waals surface area contributed by atoms with Gasteiger partial charge in [-0.25, -0.2) is 0 Å². The summed E-state index contributed by atoms with van der Waals surface area (Å²) in [7, 11) is 1.15. The molecule has 0 aromatic rings. The summed E-state index contributed by atoms with van der Waals surface area (Å²) < 4.78 is 5.45. The van der Waals surface area contributed by atoms with Crippen molar-refractivity contribution in [2.24, 2.45) is 0 Å². The zero-order chi connectivity index (χ0) is 5.82. The summed E-state index contributed by atoms with van der Waals surface area (Å²) in [6.45, 7) is 0.998. The summed E-state index contributed by atoms with van der Waals surface area (Å²) in [4.78, 5) is 3.22. The van der Waals surface area contributed by atoms with E-state index in [0.717, 1.165) is 6.61 Å². The molecule has 0 aromatic heterocycles. The maximum Gasteiger partial charge on any atom is 0.252 e. The van der Waals surface area contributed by atoms with Crippen molar-refractivity contribution in [1.29, 1.82) is 0 Å². The molecule has 2 nitrogen and oxygen atoms in total. The van der Waals surface area contributed by atoms with Crippen LogP contribution in [-0.4, -0.2) is 22.9 Å². The Hall–Kier alpha value is 0.137. The maximum atomic E-state index is 5.45. The minimum Gasteiger partial charge on any atom is -0.406 e. The van der Waals surface area contributed by atoms with Crippen molar-refractivity contribution < 1.29 is 4.43 Å².